The Morgan fingerprint density at radius 1 is 1.20 bits per heavy atom. The van der Waals surface area contributed by atoms with E-state index in [-0.39, 0.29) is 24.2 Å². The van der Waals surface area contributed by atoms with Crippen molar-refractivity contribution in [2.75, 3.05) is 46.1 Å². The highest BCUT2D eigenvalue weighted by Gasteiger charge is 2.31. The third kappa shape index (κ3) is 5.41. The summed E-state index contributed by atoms with van der Waals surface area (Å²) >= 11 is 0. The summed E-state index contributed by atoms with van der Waals surface area (Å²) in [6.07, 6.45) is 1.64. The molecule has 2 aliphatic heterocycles. The van der Waals surface area contributed by atoms with Crippen LogP contribution in [0.5, 0.6) is 0 Å². The van der Waals surface area contributed by atoms with Crippen molar-refractivity contribution in [3.05, 3.63) is 36.0 Å². The fourth-order valence-electron chi connectivity index (χ4n) is 3.96. The standard InChI is InChI=1S/C21H27FN4O4/c22-17-3-1-15(2-4-17)21-24-20(30-25-21)6-5-19(27)23-13-18(16-7-10-29-14-16)26-8-11-28-12-9-26/h1-4,16,18H,5-14H2,(H,23,27). The minimum atomic E-state index is -0.321. The van der Waals surface area contributed by atoms with Crippen molar-refractivity contribution < 1.29 is 23.2 Å². The SMILES string of the molecule is O=C(CCc1nc(-c2ccc(F)cc2)no1)NCC(C1CCOC1)N1CCOCC1. The average Bonchev–Trinajstić information content (AvgIpc) is 3.46. The van der Waals surface area contributed by atoms with Crippen LogP contribution in [0.15, 0.2) is 28.8 Å². The molecule has 1 N–H and O–H groups in total. The van der Waals surface area contributed by atoms with E-state index < -0.39 is 0 Å². The Balaban J connectivity index is 1.27. The highest BCUT2D eigenvalue weighted by molar-refractivity contribution is 5.76. The number of benzene rings is 1. The van der Waals surface area contributed by atoms with E-state index in [1.165, 1.54) is 12.1 Å². The number of carbonyl (C=O) groups is 1. The van der Waals surface area contributed by atoms with Crippen LogP contribution in [0.1, 0.15) is 18.7 Å². The van der Waals surface area contributed by atoms with Gasteiger partial charge in [0.2, 0.25) is 17.6 Å². The van der Waals surface area contributed by atoms with Crippen LogP contribution in [-0.2, 0) is 20.7 Å². The molecule has 2 aliphatic rings. The molecule has 0 aliphatic carbocycles. The predicted octanol–water partition coefficient (Wildman–Crippen LogP) is 1.66. The number of aromatic nitrogens is 2. The van der Waals surface area contributed by atoms with E-state index in [1.807, 2.05) is 0 Å². The van der Waals surface area contributed by atoms with E-state index in [2.05, 4.69) is 20.4 Å². The molecule has 1 aromatic carbocycles. The molecule has 162 valence electrons. The number of aryl methyl sites for hydroxylation is 1. The lowest BCUT2D eigenvalue weighted by Crippen LogP contribution is -2.52. The van der Waals surface area contributed by atoms with Crippen molar-refractivity contribution in [2.24, 2.45) is 5.92 Å². The maximum atomic E-state index is 13.0. The molecule has 1 aromatic heterocycles. The summed E-state index contributed by atoms with van der Waals surface area (Å²) in [4.78, 5) is 19.1. The fourth-order valence-corrected chi connectivity index (χ4v) is 3.96. The molecule has 0 spiro atoms. The molecule has 3 heterocycles. The zero-order chi connectivity index (χ0) is 20.8. The second-order valence-electron chi connectivity index (χ2n) is 7.66. The van der Waals surface area contributed by atoms with Gasteiger partial charge in [0.25, 0.3) is 0 Å². The summed E-state index contributed by atoms with van der Waals surface area (Å²) in [6, 6.07) is 6.14. The van der Waals surface area contributed by atoms with E-state index in [4.69, 9.17) is 14.0 Å². The molecule has 0 radical (unpaired) electrons. The Morgan fingerprint density at radius 2 is 2.00 bits per heavy atom. The number of nitrogens with one attached hydrogen (secondary N) is 1. The van der Waals surface area contributed by atoms with Gasteiger partial charge >= 0.3 is 0 Å². The lowest BCUT2D eigenvalue weighted by molar-refractivity contribution is -0.121. The topological polar surface area (TPSA) is 89.7 Å². The number of halogens is 1. The molecule has 2 fully saturated rings. The summed E-state index contributed by atoms with van der Waals surface area (Å²) in [7, 11) is 0. The second kappa shape index (κ2) is 10.1. The molecule has 4 rings (SSSR count). The minimum absolute atomic E-state index is 0.0475. The fraction of sp³-hybridized carbons (Fsp3) is 0.571. The normalized spacial score (nSPS) is 20.9. The third-order valence-corrected chi connectivity index (χ3v) is 5.67. The van der Waals surface area contributed by atoms with Crippen LogP contribution >= 0.6 is 0 Å². The van der Waals surface area contributed by atoms with Gasteiger partial charge in [-0.25, -0.2) is 4.39 Å². The molecule has 0 saturated carbocycles. The van der Waals surface area contributed by atoms with Crippen LogP contribution in [0.3, 0.4) is 0 Å². The molecular weight excluding hydrogens is 391 g/mol. The number of nitrogens with zero attached hydrogens (tertiary/aromatic N) is 3. The first kappa shape index (κ1) is 20.9. The summed E-state index contributed by atoms with van der Waals surface area (Å²) in [5.74, 6) is 0.836. The molecule has 2 unspecified atom stereocenters. The molecule has 0 bridgehead atoms. The molecule has 2 saturated heterocycles. The van der Waals surface area contributed by atoms with Gasteiger partial charge < -0.3 is 19.3 Å². The van der Waals surface area contributed by atoms with E-state index in [0.29, 0.717) is 36.2 Å². The van der Waals surface area contributed by atoms with Crippen molar-refractivity contribution in [1.82, 2.24) is 20.4 Å². The van der Waals surface area contributed by atoms with Crippen molar-refractivity contribution in [2.45, 2.75) is 25.3 Å². The largest absolute Gasteiger partial charge is 0.381 e. The smallest absolute Gasteiger partial charge is 0.227 e. The van der Waals surface area contributed by atoms with Crippen molar-refractivity contribution in [3.8, 4) is 11.4 Å². The van der Waals surface area contributed by atoms with Gasteiger partial charge in [-0.15, -0.1) is 0 Å². The van der Waals surface area contributed by atoms with Gasteiger partial charge in [-0.1, -0.05) is 5.16 Å². The summed E-state index contributed by atoms with van der Waals surface area (Å²) < 4.78 is 29.3. The van der Waals surface area contributed by atoms with Gasteiger partial charge in [0.15, 0.2) is 0 Å². The number of hydrogen-bond donors (Lipinski definition) is 1. The zero-order valence-electron chi connectivity index (χ0n) is 16.9. The van der Waals surface area contributed by atoms with Gasteiger partial charge in [0.05, 0.1) is 19.8 Å². The van der Waals surface area contributed by atoms with Crippen LogP contribution in [0.25, 0.3) is 11.4 Å². The lowest BCUT2D eigenvalue weighted by atomic mass is 9.97. The van der Waals surface area contributed by atoms with Crippen LogP contribution in [0, 0.1) is 11.7 Å². The Bertz CT molecular complexity index is 817. The highest BCUT2D eigenvalue weighted by Crippen LogP contribution is 2.22. The second-order valence-corrected chi connectivity index (χ2v) is 7.66. The third-order valence-electron chi connectivity index (χ3n) is 5.67. The minimum Gasteiger partial charge on any atom is -0.381 e. The quantitative estimate of drug-likeness (QED) is 0.697. The van der Waals surface area contributed by atoms with Crippen LogP contribution in [0.2, 0.25) is 0 Å². The Hall–Kier alpha value is -2.36. The first-order valence-electron chi connectivity index (χ1n) is 10.4. The summed E-state index contributed by atoms with van der Waals surface area (Å²) in [6.45, 7) is 5.34. The van der Waals surface area contributed by atoms with Crippen molar-refractivity contribution >= 4 is 5.91 Å². The predicted molar refractivity (Wildman–Crippen MR) is 106 cm³/mol. The number of amides is 1. The lowest BCUT2D eigenvalue weighted by Gasteiger charge is -2.37. The van der Waals surface area contributed by atoms with E-state index in [0.717, 1.165) is 45.9 Å². The molecule has 2 atom stereocenters. The first-order chi connectivity index (χ1) is 14.7. The molecule has 30 heavy (non-hydrogen) atoms. The number of rotatable bonds is 8. The van der Waals surface area contributed by atoms with Crippen molar-refractivity contribution in [3.63, 3.8) is 0 Å². The van der Waals surface area contributed by atoms with E-state index in [1.54, 1.807) is 12.1 Å². The summed E-state index contributed by atoms with van der Waals surface area (Å²) in [5, 5.41) is 6.97. The van der Waals surface area contributed by atoms with Gasteiger partial charge in [0, 0.05) is 56.6 Å². The van der Waals surface area contributed by atoms with Crippen LogP contribution < -0.4 is 5.32 Å². The average molecular weight is 418 g/mol. The molecular formula is C21H27FN4O4. The molecule has 8 nitrogen and oxygen atoms in total. The van der Waals surface area contributed by atoms with E-state index in [9.17, 15) is 9.18 Å². The number of morpholine rings is 1. The molecule has 9 heteroatoms. The zero-order valence-corrected chi connectivity index (χ0v) is 16.9. The van der Waals surface area contributed by atoms with E-state index >= 15 is 0 Å². The monoisotopic (exact) mass is 418 g/mol. The van der Waals surface area contributed by atoms with Crippen LogP contribution in [-0.4, -0.2) is 73.1 Å². The Labute approximate surface area is 174 Å². The summed E-state index contributed by atoms with van der Waals surface area (Å²) in [5.41, 5.74) is 0.669. The molecule has 2 aromatic rings. The van der Waals surface area contributed by atoms with Gasteiger partial charge in [0.1, 0.15) is 5.82 Å². The number of ether oxygens (including phenoxy) is 2. The first-order valence-corrected chi connectivity index (χ1v) is 10.4. The maximum Gasteiger partial charge on any atom is 0.227 e. The molecule has 1 amide bonds. The van der Waals surface area contributed by atoms with Gasteiger partial charge in [-0.2, -0.15) is 4.98 Å². The maximum absolute atomic E-state index is 13.0. The van der Waals surface area contributed by atoms with Gasteiger partial charge in [-0.05, 0) is 30.7 Å². The number of carbonyl (C=O) groups excluding carboxylic acids is 1. The Kier molecular flexibility index (Phi) is 7.03. The van der Waals surface area contributed by atoms with Crippen LogP contribution in [0.4, 0.5) is 4.39 Å². The van der Waals surface area contributed by atoms with Gasteiger partial charge in [-0.3, -0.25) is 9.69 Å². The van der Waals surface area contributed by atoms with Crippen molar-refractivity contribution in [1.29, 1.82) is 0 Å². The number of hydrogen-bond acceptors (Lipinski definition) is 7. The highest BCUT2D eigenvalue weighted by atomic mass is 19.1. The Morgan fingerprint density at radius 3 is 2.73 bits per heavy atom.